The molecule has 0 radical (unpaired) electrons. The van der Waals surface area contributed by atoms with Crippen molar-refractivity contribution in [2.75, 3.05) is 11.0 Å². The van der Waals surface area contributed by atoms with Crippen molar-refractivity contribution in [3.8, 4) is 0 Å². The van der Waals surface area contributed by atoms with E-state index in [1.807, 2.05) is 32.9 Å². The second-order valence-corrected chi connectivity index (χ2v) is 7.76. The topological polar surface area (TPSA) is 75.3 Å². The zero-order valence-corrected chi connectivity index (χ0v) is 15.1. The number of anilines is 1. The van der Waals surface area contributed by atoms with Crippen molar-refractivity contribution >= 4 is 21.6 Å². The zero-order valence-electron chi connectivity index (χ0n) is 14.3. The fraction of sp³-hybridized carbons (Fsp3) is 0.278. The molecule has 0 bridgehead atoms. The second-order valence-electron chi connectivity index (χ2n) is 6.01. The van der Waals surface area contributed by atoms with Gasteiger partial charge in [-0.25, -0.2) is 8.42 Å². The van der Waals surface area contributed by atoms with Gasteiger partial charge >= 0.3 is 0 Å². The van der Waals surface area contributed by atoms with E-state index >= 15 is 0 Å². The molecule has 24 heavy (non-hydrogen) atoms. The average Bonchev–Trinajstić information content (AvgIpc) is 2.48. The molecule has 2 aromatic carbocycles. The van der Waals surface area contributed by atoms with Crippen molar-refractivity contribution in [3.63, 3.8) is 0 Å². The van der Waals surface area contributed by atoms with Crippen LogP contribution >= 0.6 is 0 Å². The number of benzene rings is 2. The Labute approximate surface area is 143 Å². The molecule has 5 nitrogen and oxygen atoms in total. The number of carbonyl (C=O) groups is 1. The van der Waals surface area contributed by atoms with Crippen LogP contribution in [0.2, 0.25) is 0 Å². The van der Waals surface area contributed by atoms with E-state index in [9.17, 15) is 13.2 Å². The smallest absolute Gasteiger partial charge is 0.251 e. The van der Waals surface area contributed by atoms with Crippen LogP contribution in [0.1, 0.15) is 40.0 Å². The summed E-state index contributed by atoms with van der Waals surface area (Å²) < 4.78 is 25.0. The van der Waals surface area contributed by atoms with Gasteiger partial charge in [-0.05, 0) is 50.1 Å². The predicted molar refractivity (Wildman–Crippen MR) is 96.7 cm³/mol. The molecule has 2 N–H and O–H groups in total. The van der Waals surface area contributed by atoms with Gasteiger partial charge in [0, 0.05) is 11.3 Å². The minimum absolute atomic E-state index is 0.149. The molecular formula is C18H22N2O3S. The highest BCUT2D eigenvalue weighted by atomic mass is 32.2. The van der Waals surface area contributed by atoms with Crippen LogP contribution in [0.5, 0.6) is 0 Å². The number of hydrogen-bond acceptors (Lipinski definition) is 3. The number of aryl methyl sites for hydroxylation is 2. The fourth-order valence-corrected chi connectivity index (χ4v) is 3.08. The van der Waals surface area contributed by atoms with Gasteiger partial charge in [-0.2, -0.15) is 0 Å². The summed E-state index contributed by atoms with van der Waals surface area (Å²) >= 11 is 0. The zero-order chi connectivity index (χ0) is 17.9. The van der Waals surface area contributed by atoms with E-state index in [-0.39, 0.29) is 11.9 Å². The third-order valence-electron chi connectivity index (χ3n) is 3.68. The largest absolute Gasteiger partial charge is 0.346 e. The molecule has 0 saturated carbocycles. The van der Waals surface area contributed by atoms with Crippen molar-refractivity contribution in [1.82, 2.24) is 5.32 Å². The first-order valence-corrected chi connectivity index (χ1v) is 9.51. The van der Waals surface area contributed by atoms with Gasteiger partial charge in [-0.15, -0.1) is 0 Å². The van der Waals surface area contributed by atoms with Crippen molar-refractivity contribution in [2.45, 2.75) is 26.8 Å². The number of nitrogens with one attached hydrogen (secondary N) is 2. The summed E-state index contributed by atoms with van der Waals surface area (Å²) in [6.07, 6.45) is 1.07. The summed E-state index contributed by atoms with van der Waals surface area (Å²) in [7, 11) is -3.38. The number of rotatable bonds is 5. The average molecular weight is 346 g/mol. The number of amides is 1. The first kappa shape index (κ1) is 18.0. The van der Waals surface area contributed by atoms with Crippen LogP contribution in [-0.2, 0) is 10.0 Å². The van der Waals surface area contributed by atoms with Gasteiger partial charge in [0.05, 0.1) is 12.3 Å². The normalized spacial score (nSPS) is 12.5. The van der Waals surface area contributed by atoms with Crippen molar-refractivity contribution < 1.29 is 13.2 Å². The van der Waals surface area contributed by atoms with Gasteiger partial charge in [-0.3, -0.25) is 9.52 Å². The van der Waals surface area contributed by atoms with Crippen molar-refractivity contribution in [1.29, 1.82) is 0 Å². The maximum atomic E-state index is 12.5. The Hall–Kier alpha value is -2.34. The van der Waals surface area contributed by atoms with E-state index in [1.165, 1.54) is 6.07 Å². The molecule has 1 atom stereocenters. The van der Waals surface area contributed by atoms with Gasteiger partial charge in [0.15, 0.2) is 0 Å². The van der Waals surface area contributed by atoms with Crippen LogP contribution in [0.3, 0.4) is 0 Å². The van der Waals surface area contributed by atoms with E-state index in [0.29, 0.717) is 11.3 Å². The van der Waals surface area contributed by atoms with Crippen LogP contribution in [0.15, 0.2) is 42.5 Å². The van der Waals surface area contributed by atoms with E-state index in [1.54, 1.807) is 18.2 Å². The van der Waals surface area contributed by atoms with E-state index in [2.05, 4.69) is 16.1 Å². The van der Waals surface area contributed by atoms with Gasteiger partial charge < -0.3 is 5.32 Å². The third kappa shape index (κ3) is 4.83. The molecule has 2 rings (SSSR count). The van der Waals surface area contributed by atoms with Gasteiger partial charge in [0.1, 0.15) is 0 Å². The molecule has 0 aliphatic heterocycles. The molecule has 0 aromatic heterocycles. The van der Waals surface area contributed by atoms with E-state index < -0.39 is 10.0 Å². The molecule has 0 fully saturated rings. The lowest BCUT2D eigenvalue weighted by molar-refractivity contribution is 0.0940. The molecule has 0 heterocycles. The summed E-state index contributed by atoms with van der Waals surface area (Å²) in [5.74, 6) is -0.249. The highest BCUT2D eigenvalue weighted by Gasteiger charge is 2.14. The molecule has 128 valence electrons. The third-order valence-corrected chi connectivity index (χ3v) is 4.28. The summed E-state index contributed by atoms with van der Waals surface area (Å²) in [6, 6.07) is 12.4. The van der Waals surface area contributed by atoms with Crippen LogP contribution in [0, 0.1) is 13.8 Å². The second kappa shape index (κ2) is 7.05. The molecule has 0 aliphatic carbocycles. The standard InChI is InChI=1S/C18H22N2O3S/c1-12-8-9-13(2)17(10-12)14(3)19-18(21)15-6-5-7-16(11-15)20-24(4,22)23/h5-11,14,20H,1-4H3,(H,19,21). The van der Waals surface area contributed by atoms with Gasteiger partial charge in [0.25, 0.3) is 5.91 Å². The van der Waals surface area contributed by atoms with Crippen molar-refractivity contribution in [3.05, 3.63) is 64.7 Å². The lowest BCUT2D eigenvalue weighted by Crippen LogP contribution is -2.27. The predicted octanol–water partition coefficient (Wildman–Crippen LogP) is 3.17. The van der Waals surface area contributed by atoms with Crippen molar-refractivity contribution in [2.24, 2.45) is 0 Å². The summed E-state index contributed by atoms with van der Waals surface area (Å²) in [5.41, 5.74) is 4.08. The summed E-state index contributed by atoms with van der Waals surface area (Å²) in [5, 5.41) is 2.95. The summed E-state index contributed by atoms with van der Waals surface area (Å²) in [6.45, 7) is 5.95. The van der Waals surface area contributed by atoms with Crippen LogP contribution < -0.4 is 10.0 Å². The summed E-state index contributed by atoms with van der Waals surface area (Å²) in [4.78, 5) is 12.5. The fourth-order valence-electron chi connectivity index (χ4n) is 2.52. The molecule has 1 amide bonds. The Morgan fingerprint density at radius 2 is 1.79 bits per heavy atom. The maximum absolute atomic E-state index is 12.5. The first-order valence-electron chi connectivity index (χ1n) is 7.61. The minimum atomic E-state index is -3.38. The first-order chi connectivity index (χ1) is 11.2. The molecule has 0 aliphatic rings. The molecule has 0 saturated heterocycles. The SMILES string of the molecule is Cc1ccc(C)c(C(C)NC(=O)c2cccc(NS(C)(=O)=O)c2)c1. The Morgan fingerprint density at radius 3 is 2.46 bits per heavy atom. The number of sulfonamides is 1. The number of carbonyl (C=O) groups excluding carboxylic acids is 1. The quantitative estimate of drug-likeness (QED) is 0.873. The molecular weight excluding hydrogens is 324 g/mol. The Balaban J connectivity index is 2.17. The monoisotopic (exact) mass is 346 g/mol. The molecule has 0 spiro atoms. The maximum Gasteiger partial charge on any atom is 0.251 e. The highest BCUT2D eigenvalue weighted by molar-refractivity contribution is 7.92. The van der Waals surface area contributed by atoms with Crippen LogP contribution in [0.25, 0.3) is 0 Å². The molecule has 2 aromatic rings. The van der Waals surface area contributed by atoms with Crippen LogP contribution in [0.4, 0.5) is 5.69 Å². The van der Waals surface area contributed by atoms with Gasteiger partial charge in [0.2, 0.25) is 10.0 Å². The Bertz CT molecular complexity index is 860. The highest BCUT2D eigenvalue weighted by Crippen LogP contribution is 2.20. The molecule has 6 heteroatoms. The Morgan fingerprint density at radius 1 is 1.08 bits per heavy atom. The number of hydrogen-bond donors (Lipinski definition) is 2. The lowest BCUT2D eigenvalue weighted by atomic mass is 9.99. The minimum Gasteiger partial charge on any atom is -0.346 e. The Kier molecular flexibility index (Phi) is 5.29. The van der Waals surface area contributed by atoms with Gasteiger partial charge in [-0.1, -0.05) is 29.8 Å². The van der Waals surface area contributed by atoms with E-state index in [4.69, 9.17) is 0 Å². The molecule has 1 unspecified atom stereocenters. The van der Waals surface area contributed by atoms with Crippen LogP contribution in [-0.4, -0.2) is 20.6 Å². The lowest BCUT2D eigenvalue weighted by Gasteiger charge is -2.17. The van der Waals surface area contributed by atoms with E-state index in [0.717, 1.165) is 22.9 Å².